The molecule has 0 aromatic heterocycles. The lowest BCUT2D eigenvalue weighted by molar-refractivity contribution is -0.131. The van der Waals surface area contributed by atoms with Crippen LogP contribution in [0.25, 0.3) is 6.08 Å². The Labute approximate surface area is 184 Å². The van der Waals surface area contributed by atoms with Crippen LogP contribution in [0.4, 0.5) is 5.69 Å². The topological polar surface area (TPSA) is 49.3 Å². The van der Waals surface area contributed by atoms with Gasteiger partial charge in [-0.25, -0.2) is 4.79 Å². The molecular weight excluding hydrogens is 370 g/mol. The number of benzene rings is 1. The summed E-state index contributed by atoms with van der Waals surface area (Å²) in [5.41, 5.74) is 2.20. The fourth-order valence-electron chi connectivity index (χ4n) is 3.57. The molecular formula is C27H43NO2. The second-order valence-corrected chi connectivity index (χ2v) is 8.20. The lowest BCUT2D eigenvalue weighted by Crippen LogP contribution is -2.01. The molecule has 0 aliphatic carbocycles. The van der Waals surface area contributed by atoms with Crippen molar-refractivity contribution in [3.63, 3.8) is 0 Å². The third kappa shape index (κ3) is 15.8. The zero-order valence-corrected chi connectivity index (χ0v) is 19.1. The predicted octanol–water partition coefficient (Wildman–Crippen LogP) is 8.23. The van der Waals surface area contributed by atoms with E-state index in [0.717, 1.165) is 23.9 Å². The summed E-state index contributed by atoms with van der Waals surface area (Å²) in [5.74, 6) is -0.928. The van der Waals surface area contributed by atoms with Crippen molar-refractivity contribution in [2.45, 2.75) is 96.8 Å². The summed E-state index contributed by atoms with van der Waals surface area (Å²) >= 11 is 0. The van der Waals surface area contributed by atoms with E-state index >= 15 is 0 Å². The van der Waals surface area contributed by atoms with Crippen LogP contribution < -0.4 is 5.32 Å². The van der Waals surface area contributed by atoms with Crippen molar-refractivity contribution in [3.8, 4) is 0 Å². The second kappa shape index (κ2) is 19.0. The molecule has 30 heavy (non-hydrogen) atoms. The van der Waals surface area contributed by atoms with E-state index in [-0.39, 0.29) is 0 Å². The van der Waals surface area contributed by atoms with E-state index < -0.39 is 5.97 Å². The second-order valence-electron chi connectivity index (χ2n) is 8.20. The van der Waals surface area contributed by atoms with Gasteiger partial charge in [-0.15, -0.1) is 0 Å². The molecule has 0 bridgehead atoms. The largest absolute Gasteiger partial charge is 0.478 e. The van der Waals surface area contributed by atoms with Gasteiger partial charge in [-0.3, -0.25) is 0 Å². The lowest BCUT2D eigenvalue weighted by Gasteiger charge is -2.07. The number of unbranched alkanes of at least 4 members (excludes halogenated alkanes) is 13. The van der Waals surface area contributed by atoms with Crippen molar-refractivity contribution in [3.05, 3.63) is 48.1 Å². The van der Waals surface area contributed by atoms with Gasteiger partial charge >= 0.3 is 5.97 Å². The van der Waals surface area contributed by atoms with Crippen molar-refractivity contribution in [1.82, 2.24) is 0 Å². The third-order valence-corrected chi connectivity index (χ3v) is 5.41. The lowest BCUT2D eigenvalue weighted by atomic mass is 10.0. The number of aliphatic carboxylic acids is 1. The summed E-state index contributed by atoms with van der Waals surface area (Å²) < 4.78 is 0. The number of rotatable bonds is 19. The van der Waals surface area contributed by atoms with Gasteiger partial charge in [0.05, 0.1) is 0 Å². The van der Waals surface area contributed by atoms with Crippen molar-refractivity contribution in [2.24, 2.45) is 0 Å². The standard InChI is InChI=1S/C27H43NO2/c1-2-3-4-5-6-7-8-9-10-11-12-13-14-17-24-28-26-22-20-25(21-23-26)18-15-16-19-27(29)30/h15-16,18-23,28H,2-14,17,24H2,1H3,(H,29,30)/b18-15+,19-16+. The number of carbonyl (C=O) groups is 1. The highest BCUT2D eigenvalue weighted by atomic mass is 16.4. The highest BCUT2D eigenvalue weighted by molar-refractivity contribution is 5.80. The molecule has 1 rings (SSSR count). The molecule has 168 valence electrons. The first kappa shape index (κ1) is 26.0. The zero-order chi connectivity index (χ0) is 21.7. The smallest absolute Gasteiger partial charge is 0.328 e. The van der Waals surface area contributed by atoms with Gasteiger partial charge in [-0.1, -0.05) is 121 Å². The quantitative estimate of drug-likeness (QED) is 0.136. The number of hydrogen-bond acceptors (Lipinski definition) is 2. The highest BCUT2D eigenvalue weighted by Gasteiger charge is 1.95. The van der Waals surface area contributed by atoms with Crippen molar-refractivity contribution in [2.75, 3.05) is 11.9 Å². The van der Waals surface area contributed by atoms with Crippen molar-refractivity contribution < 1.29 is 9.90 Å². The van der Waals surface area contributed by atoms with E-state index in [1.807, 2.05) is 18.2 Å². The Hall–Kier alpha value is -2.03. The molecule has 0 fully saturated rings. The summed E-state index contributed by atoms with van der Waals surface area (Å²) in [7, 11) is 0. The summed E-state index contributed by atoms with van der Waals surface area (Å²) in [6, 6.07) is 8.23. The summed E-state index contributed by atoms with van der Waals surface area (Å²) in [5, 5.41) is 12.0. The number of carboxylic acid groups (broad SMARTS) is 1. The number of allylic oxidation sites excluding steroid dienone is 2. The molecule has 0 amide bonds. The predicted molar refractivity (Wildman–Crippen MR) is 131 cm³/mol. The molecule has 0 aliphatic heterocycles. The molecule has 3 heteroatoms. The van der Waals surface area contributed by atoms with E-state index in [9.17, 15) is 4.79 Å². The molecule has 3 nitrogen and oxygen atoms in total. The zero-order valence-electron chi connectivity index (χ0n) is 19.1. The maximum absolute atomic E-state index is 10.4. The van der Waals surface area contributed by atoms with Gasteiger partial charge in [0.1, 0.15) is 0 Å². The van der Waals surface area contributed by atoms with E-state index in [4.69, 9.17) is 5.11 Å². The van der Waals surface area contributed by atoms with Crippen LogP contribution in [0.2, 0.25) is 0 Å². The molecule has 0 saturated heterocycles. The van der Waals surface area contributed by atoms with Crippen LogP contribution in [0.15, 0.2) is 42.5 Å². The molecule has 0 atom stereocenters. The minimum atomic E-state index is -0.928. The number of hydrogen-bond donors (Lipinski definition) is 2. The molecule has 0 unspecified atom stereocenters. The Bertz CT molecular complexity index is 589. The average Bonchev–Trinajstić information content (AvgIpc) is 2.75. The van der Waals surface area contributed by atoms with Gasteiger partial charge < -0.3 is 10.4 Å². The SMILES string of the molecule is CCCCCCCCCCCCCCCCNc1ccc(/C=C/C=C/C(=O)O)cc1. The fourth-order valence-corrected chi connectivity index (χ4v) is 3.57. The Balaban J connectivity index is 1.93. The summed E-state index contributed by atoms with van der Waals surface area (Å²) in [4.78, 5) is 10.4. The molecule has 0 heterocycles. The molecule has 0 saturated carbocycles. The minimum Gasteiger partial charge on any atom is -0.478 e. The van der Waals surface area contributed by atoms with Gasteiger partial charge in [0.25, 0.3) is 0 Å². The number of nitrogens with one attached hydrogen (secondary N) is 1. The van der Waals surface area contributed by atoms with Crippen LogP contribution in [0.3, 0.4) is 0 Å². The Kier molecular flexibility index (Phi) is 16.4. The van der Waals surface area contributed by atoms with Crippen LogP contribution >= 0.6 is 0 Å². The van der Waals surface area contributed by atoms with E-state index in [2.05, 4.69) is 24.4 Å². The monoisotopic (exact) mass is 413 g/mol. The van der Waals surface area contributed by atoms with E-state index in [1.165, 1.54) is 96.0 Å². The van der Waals surface area contributed by atoms with Gasteiger partial charge in [0.15, 0.2) is 0 Å². The Morgan fingerprint density at radius 3 is 1.77 bits per heavy atom. The van der Waals surface area contributed by atoms with Gasteiger partial charge in [0, 0.05) is 18.3 Å². The van der Waals surface area contributed by atoms with Gasteiger partial charge in [0.2, 0.25) is 0 Å². The van der Waals surface area contributed by atoms with Crippen LogP contribution in [0.1, 0.15) is 102 Å². The van der Waals surface area contributed by atoms with Crippen molar-refractivity contribution in [1.29, 1.82) is 0 Å². The molecule has 1 aromatic carbocycles. The first-order valence-electron chi connectivity index (χ1n) is 12.1. The van der Waals surface area contributed by atoms with E-state index in [0.29, 0.717) is 0 Å². The molecule has 0 aliphatic rings. The Morgan fingerprint density at radius 2 is 1.27 bits per heavy atom. The average molecular weight is 414 g/mol. The maximum atomic E-state index is 10.4. The summed E-state index contributed by atoms with van der Waals surface area (Å²) in [6.07, 6.45) is 25.8. The van der Waals surface area contributed by atoms with E-state index in [1.54, 1.807) is 6.08 Å². The maximum Gasteiger partial charge on any atom is 0.328 e. The van der Waals surface area contributed by atoms with Crippen LogP contribution in [-0.4, -0.2) is 17.6 Å². The first-order chi connectivity index (χ1) is 14.7. The Morgan fingerprint density at radius 1 is 0.767 bits per heavy atom. The normalized spacial score (nSPS) is 11.5. The van der Waals surface area contributed by atoms with Gasteiger partial charge in [-0.2, -0.15) is 0 Å². The van der Waals surface area contributed by atoms with Crippen LogP contribution in [0, 0.1) is 0 Å². The molecule has 2 N–H and O–H groups in total. The number of anilines is 1. The highest BCUT2D eigenvalue weighted by Crippen LogP contribution is 2.14. The van der Waals surface area contributed by atoms with Crippen LogP contribution in [-0.2, 0) is 4.79 Å². The molecule has 1 aromatic rings. The third-order valence-electron chi connectivity index (χ3n) is 5.41. The van der Waals surface area contributed by atoms with Gasteiger partial charge in [-0.05, 0) is 24.1 Å². The fraction of sp³-hybridized carbons (Fsp3) is 0.593. The van der Waals surface area contributed by atoms with Crippen molar-refractivity contribution >= 4 is 17.7 Å². The molecule has 0 spiro atoms. The first-order valence-corrected chi connectivity index (χ1v) is 12.1. The molecule has 0 radical (unpaired) electrons. The number of carboxylic acids is 1. The van der Waals surface area contributed by atoms with Crippen LogP contribution in [0.5, 0.6) is 0 Å². The minimum absolute atomic E-state index is 0.928. The summed E-state index contributed by atoms with van der Waals surface area (Å²) in [6.45, 7) is 3.30.